The molecule has 1 aliphatic heterocycles. The number of halogens is 2. The van der Waals surface area contributed by atoms with Crippen LogP contribution in [0.15, 0.2) is 41.2 Å². The first-order valence-corrected chi connectivity index (χ1v) is 10.6. The van der Waals surface area contributed by atoms with Gasteiger partial charge in [-0.1, -0.05) is 12.1 Å². The molecule has 0 saturated carbocycles. The molecular formula is C24H23F2N5O2. The van der Waals surface area contributed by atoms with E-state index < -0.39 is 17.2 Å². The number of nitrogens with zero attached hydrogens (tertiary/aromatic N) is 3. The lowest BCUT2D eigenvalue weighted by Gasteiger charge is -2.32. The molecule has 0 amide bonds. The van der Waals surface area contributed by atoms with E-state index >= 15 is 0 Å². The second-order valence-electron chi connectivity index (χ2n) is 7.82. The average Bonchev–Trinajstić information content (AvgIpc) is 2.83. The Hall–Kier alpha value is -3.77. The number of aromatic nitrogens is 2. The first-order valence-electron chi connectivity index (χ1n) is 10.6. The summed E-state index contributed by atoms with van der Waals surface area (Å²) in [6.45, 7) is 1.37. The zero-order chi connectivity index (χ0) is 23.5. The Kier molecular flexibility index (Phi) is 6.38. The Bertz CT molecular complexity index is 1280. The van der Waals surface area contributed by atoms with Gasteiger partial charge in [0.1, 0.15) is 11.9 Å². The van der Waals surface area contributed by atoms with E-state index in [1.54, 1.807) is 12.1 Å². The third kappa shape index (κ3) is 4.43. The fourth-order valence-electron chi connectivity index (χ4n) is 4.04. The van der Waals surface area contributed by atoms with E-state index in [4.69, 9.17) is 10.00 Å². The lowest BCUT2D eigenvalue weighted by atomic mass is 9.99. The van der Waals surface area contributed by atoms with E-state index in [2.05, 4.69) is 15.3 Å². The van der Waals surface area contributed by atoms with Gasteiger partial charge in [0.05, 0.1) is 23.9 Å². The van der Waals surface area contributed by atoms with Crippen molar-refractivity contribution in [1.82, 2.24) is 15.3 Å². The van der Waals surface area contributed by atoms with Crippen molar-refractivity contribution in [2.75, 3.05) is 32.1 Å². The highest BCUT2D eigenvalue weighted by atomic mass is 19.1. The van der Waals surface area contributed by atoms with E-state index in [9.17, 15) is 13.6 Å². The van der Waals surface area contributed by atoms with Crippen LogP contribution in [0.5, 0.6) is 5.75 Å². The Morgan fingerprint density at radius 2 is 1.85 bits per heavy atom. The van der Waals surface area contributed by atoms with E-state index in [-0.39, 0.29) is 28.1 Å². The maximum absolute atomic E-state index is 14.4. The maximum atomic E-state index is 14.4. The van der Waals surface area contributed by atoms with Crippen molar-refractivity contribution in [2.24, 2.45) is 0 Å². The summed E-state index contributed by atoms with van der Waals surface area (Å²) in [7, 11) is 3.27. The molecule has 0 bridgehead atoms. The van der Waals surface area contributed by atoms with Gasteiger partial charge < -0.3 is 15.0 Å². The molecule has 3 aromatic rings. The molecule has 0 aliphatic carbocycles. The van der Waals surface area contributed by atoms with E-state index in [0.717, 1.165) is 12.8 Å². The van der Waals surface area contributed by atoms with Crippen molar-refractivity contribution < 1.29 is 13.5 Å². The normalized spacial score (nSPS) is 14.2. The molecule has 1 aliphatic rings. The Balaban J connectivity index is 1.87. The van der Waals surface area contributed by atoms with Gasteiger partial charge in [0.2, 0.25) is 5.95 Å². The third-order valence-electron chi connectivity index (χ3n) is 5.91. The predicted molar refractivity (Wildman–Crippen MR) is 121 cm³/mol. The Morgan fingerprint density at radius 1 is 1.15 bits per heavy atom. The van der Waals surface area contributed by atoms with Crippen LogP contribution in [0.4, 0.5) is 14.7 Å². The monoisotopic (exact) mass is 451 g/mol. The number of H-pyrrole nitrogens is 1. The smallest absolute Gasteiger partial charge is 0.260 e. The molecular weight excluding hydrogens is 428 g/mol. The molecule has 4 rings (SSSR count). The van der Waals surface area contributed by atoms with Crippen molar-refractivity contribution in [3.8, 4) is 34.2 Å². The number of aromatic amines is 1. The van der Waals surface area contributed by atoms with Crippen LogP contribution in [-0.4, -0.2) is 43.3 Å². The largest absolute Gasteiger partial charge is 0.494 e. The summed E-state index contributed by atoms with van der Waals surface area (Å²) in [6.07, 6.45) is 1.76. The zero-order valence-corrected chi connectivity index (χ0v) is 18.3. The molecule has 0 spiro atoms. The minimum atomic E-state index is -0.722. The van der Waals surface area contributed by atoms with Gasteiger partial charge in [-0.3, -0.25) is 9.78 Å². The minimum absolute atomic E-state index is 0.0399. The standard InChI is InChI=1S/C24H23F2N5O2/c1-28-17-7-9-31(10-8-17)24-29-22(15-3-4-16(13-27)18(25)12-15)21(23(32)30-24)14-5-6-20(33-2)19(26)11-14/h3-6,11-12,17,28H,7-10H2,1-2H3,(H,29,30,32). The topological polar surface area (TPSA) is 94.0 Å². The molecule has 0 atom stereocenters. The molecule has 170 valence electrons. The van der Waals surface area contributed by atoms with Crippen LogP contribution in [0.1, 0.15) is 18.4 Å². The number of methoxy groups -OCH3 is 1. The summed E-state index contributed by atoms with van der Waals surface area (Å²) in [5.41, 5.74) is 0.319. The van der Waals surface area contributed by atoms with Crippen LogP contribution < -0.4 is 20.5 Å². The first-order chi connectivity index (χ1) is 15.9. The van der Waals surface area contributed by atoms with Crippen molar-refractivity contribution in [3.63, 3.8) is 0 Å². The quantitative estimate of drug-likeness (QED) is 0.617. The third-order valence-corrected chi connectivity index (χ3v) is 5.91. The van der Waals surface area contributed by atoms with Gasteiger partial charge >= 0.3 is 0 Å². The number of nitrogens with one attached hydrogen (secondary N) is 2. The highest BCUT2D eigenvalue weighted by molar-refractivity contribution is 5.81. The van der Waals surface area contributed by atoms with Gasteiger partial charge in [-0.25, -0.2) is 13.8 Å². The molecule has 2 N–H and O–H groups in total. The summed E-state index contributed by atoms with van der Waals surface area (Å²) < 4.78 is 33.8. The van der Waals surface area contributed by atoms with Crippen LogP contribution in [0, 0.1) is 23.0 Å². The van der Waals surface area contributed by atoms with Gasteiger partial charge in [-0.05, 0) is 49.7 Å². The Labute approximate surface area is 189 Å². The molecule has 1 aromatic heterocycles. The SMILES string of the molecule is CNC1CCN(c2nc(-c3ccc(C#N)c(F)c3)c(-c3ccc(OC)c(F)c3)c(=O)[nH]2)CC1. The van der Waals surface area contributed by atoms with Crippen molar-refractivity contribution in [1.29, 1.82) is 5.26 Å². The van der Waals surface area contributed by atoms with E-state index in [0.29, 0.717) is 30.6 Å². The summed E-state index contributed by atoms with van der Waals surface area (Å²) in [5.74, 6) is -0.949. The number of benzene rings is 2. The van der Waals surface area contributed by atoms with Crippen molar-refractivity contribution >= 4 is 5.95 Å². The van der Waals surface area contributed by atoms with Crippen LogP contribution in [0.25, 0.3) is 22.4 Å². The number of hydrogen-bond acceptors (Lipinski definition) is 6. The fourth-order valence-corrected chi connectivity index (χ4v) is 4.04. The molecule has 2 aromatic carbocycles. The molecule has 2 heterocycles. The lowest BCUT2D eigenvalue weighted by Crippen LogP contribution is -2.42. The summed E-state index contributed by atoms with van der Waals surface area (Å²) in [4.78, 5) is 22.7. The molecule has 7 nitrogen and oxygen atoms in total. The summed E-state index contributed by atoms with van der Waals surface area (Å²) >= 11 is 0. The summed E-state index contributed by atoms with van der Waals surface area (Å²) in [6, 6.07) is 10.4. The highest BCUT2D eigenvalue weighted by Crippen LogP contribution is 2.32. The van der Waals surface area contributed by atoms with Gasteiger partial charge in [0, 0.05) is 24.7 Å². The van der Waals surface area contributed by atoms with Crippen LogP contribution in [0.2, 0.25) is 0 Å². The van der Waals surface area contributed by atoms with Gasteiger partial charge in [-0.2, -0.15) is 5.26 Å². The second-order valence-corrected chi connectivity index (χ2v) is 7.82. The lowest BCUT2D eigenvalue weighted by molar-refractivity contribution is 0.386. The number of hydrogen-bond donors (Lipinski definition) is 2. The van der Waals surface area contributed by atoms with Gasteiger partial charge in [-0.15, -0.1) is 0 Å². The van der Waals surface area contributed by atoms with Crippen LogP contribution >= 0.6 is 0 Å². The number of ether oxygens (including phenoxy) is 1. The van der Waals surface area contributed by atoms with Crippen LogP contribution in [-0.2, 0) is 0 Å². The molecule has 0 radical (unpaired) electrons. The number of piperidine rings is 1. The molecule has 1 fully saturated rings. The first kappa shape index (κ1) is 22.4. The van der Waals surface area contributed by atoms with Crippen molar-refractivity contribution in [2.45, 2.75) is 18.9 Å². The molecule has 33 heavy (non-hydrogen) atoms. The molecule has 0 unspecified atom stereocenters. The fraction of sp³-hybridized carbons (Fsp3) is 0.292. The van der Waals surface area contributed by atoms with Crippen molar-refractivity contribution in [3.05, 3.63) is 63.9 Å². The number of rotatable bonds is 5. The predicted octanol–water partition coefficient (Wildman–Crippen LogP) is 3.45. The van der Waals surface area contributed by atoms with Gasteiger partial charge in [0.25, 0.3) is 5.56 Å². The zero-order valence-electron chi connectivity index (χ0n) is 18.3. The highest BCUT2D eigenvalue weighted by Gasteiger charge is 2.23. The van der Waals surface area contributed by atoms with E-state index in [1.807, 2.05) is 11.9 Å². The average molecular weight is 451 g/mol. The summed E-state index contributed by atoms with van der Waals surface area (Å²) in [5, 5.41) is 12.3. The second kappa shape index (κ2) is 9.38. The maximum Gasteiger partial charge on any atom is 0.260 e. The van der Waals surface area contributed by atoms with Crippen LogP contribution in [0.3, 0.4) is 0 Å². The van der Waals surface area contributed by atoms with E-state index in [1.165, 1.54) is 37.4 Å². The molecule has 9 heteroatoms. The van der Waals surface area contributed by atoms with Gasteiger partial charge in [0.15, 0.2) is 11.6 Å². The molecule has 1 saturated heterocycles. The minimum Gasteiger partial charge on any atom is -0.494 e. The number of anilines is 1. The Morgan fingerprint density at radius 3 is 2.45 bits per heavy atom. The number of nitriles is 1.